The lowest BCUT2D eigenvalue weighted by Gasteiger charge is -2.28. The summed E-state index contributed by atoms with van der Waals surface area (Å²) in [7, 11) is 3.73. The van der Waals surface area contributed by atoms with Gasteiger partial charge in [0.2, 0.25) is 0 Å². The normalized spacial score (nSPS) is 18.5. The van der Waals surface area contributed by atoms with Crippen LogP contribution in [0.15, 0.2) is 24.3 Å². The van der Waals surface area contributed by atoms with Crippen LogP contribution >= 0.6 is 0 Å². The fourth-order valence-electron chi connectivity index (χ4n) is 3.48. The van der Waals surface area contributed by atoms with Crippen LogP contribution in [0.25, 0.3) is 0 Å². The van der Waals surface area contributed by atoms with E-state index < -0.39 is 5.97 Å². The van der Waals surface area contributed by atoms with E-state index in [0.29, 0.717) is 35.9 Å². The predicted octanol–water partition coefficient (Wildman–Crippen LogP) is 2.81. The maximum absolute atomic E-state index is 12.9. The molecule has 0 saturated heterocycles. The van der Waals surface area contributed by atoms with Crippen LogP contribution in [-0.2, 0) is 11.2 Å². The third-order valence-corrected chi connectivity index (χ3v) is 5.33. The lowest BCUT2D eigenvalue weighted by Crippen LogP contribution is -2.30. The minimum Gasteiger partial charge on any atom is -0.481 e. The van der Waals surface area contributed by atoms with E-state index in [4.69, 9.17) is 0 Å². The molecule has 1 fully saturated rings. The van der Waals surface area contributed by atoms with Crippen molar-refractivity contribution in [1.82, 2.24) is 15.2 Å². The average molecular weight is 412 g/mol. The molecule has 0 atom stereocenters. The Bertz CT molecular complexity index is 892. The molecule has 0 spiro atoms. The summed E-state index contributed by atoms with van der Waals surface area (Å²) in [6.45, 7) is 2.01. The number of aryl methyl sites for hydroxylation is 1. The molecule has 2 aromatic rings. The van der Waals surface area contributed by atoms with Gasteiger partial charge >= 0.3 is 5.97 Å². The zero-order valence-electron chi connectivity index (χ0n) is 17.6. The number of amides is 1. The summed E-state index contributed by atoms with van der Waals surface area (Å²) in [6, 6.07) is 7.16. The highest BCUT2D eigenvalue weighted by Crippen LogP contribution is 2.27. The molecule has 1 aliphatic rings. The van der Waals surface area contributed by atoms with Crippen molar-refractivity contribution < 1.29 is 14.7 Å². The van der Waals surface area contributed by atoms with Crippen LogP contribution in [0.1, 0.15) is 48.7 Å². The van der Waals surface area contributed by atoms with Gasteiger partial charge in [0.05, 0.1) is 11.5 Å². The van der Waals surface area contributed by atoms with E-state index in [9.17, 15) is 14.7 Å². The lowest BCUT2D eigenvalue weighted by molar-refractivity contribution is -0.142. The van der Waals surface area contributed by atoms with Crippen molar-refractivity contribution in [1.29, 1.82) is 0 Å². The Labute approximate surface area is 175 Å². The van der Waals surface area contributed by atoms with Gasteiger partial charge < -0.3 is 20.6 Å². The van der Waals surface area contributed by atoms with Gasteiger partial charge in [-0.15, -0.1) is 10.2 Å². The fraction of sp³-hybridized carbons (Fsp3) is 0.476. The Hall–Kier alpha value is -3.23. The molecule has 3 N–H and O–H groups in total. The molecule has 2 heterocycles. The highest BCUT2D eigenvalue weighted by Gasteiger charge is 2.27. The summed E-state index contributed by atoms with van der Waals surface area (Å²) in [4.78, 5) is 30.5. The number of pyridine rings is 1. The minimum absolute atomic E-state index is 0.0888. The van der Waals surface area contributed by atoms with Crippen LogP contribution in [0, 0.1) is 5.92 Å². The first-order chi connectivity index (χ1) is 14.4. The van der Waals surface area contributed by atoms with Gasteiger partial charge in [-0.25, -0.2) is 4.98 Å². The van der Waals surface area contributed by atoms with Crippen LogP contribution in [0.3, 0.4) is 0 Å². The molecular weight excluding hydrogens is 384 g/mol. The summed E-state index contributed by atoms with van der Waals surface area (Å²) in [6.07, 6.45) is 3.45. The van der Waals surface area contributed by atoms with Crippen LogP contribution in [0.5, 0.6) is 0 Å². The summed E-state index contributed by atoms with van der Waals surface area (Å²) in [5, 5.41) is 23.4. The number of rotatable bonds is 7. The SMILES string of the molecule is CCc1ccc(C(=O)Nc2ccc(N(C)C)nn2)c(NC2CCC(C(=O)O)CC2)n1. The van der Waals surface area contributed by atoms with Crippen LogP contribution < -0.4 is 15.5 Å². The minimum atomic E-state index is -0.735. The number of carboxylic acids is 1. The number of anilines is 3. The molecule has 0 unspecified atom stereocenters. The molecule has 9 nitrogen and oxygen atoms in total. The first kappa shape index (κ1) is 21.5. The highest BCUT2D eigenvalue weighted by molar-refractivity contribution is 6.07. The Morgan fingerprint density at radius 2 is 1.83 bits per heavy atom. The molecule has 0 radical (unpaired) electrons. The molecule has 160 valence electrons. The van der Waals surface area contributed by atoms with E-state index in [-0.39, 0.29) is 17.9 Å². The number of carbonyl (C=O) groups is 2. The smallest absolute Gasteiger partial charge is 0.306 e. The Morgan fingerprint density at radius 1 is 1.10 bits per heavy atom. The molecule has 9 heteroatoms. The average Bonchev–Trinajstić information content (AvgIpc) is 2.74. The molecule has 2 aromatic heterocycles. The lowest BCUT2D eigenvalue weighted by atomic mass is 9.86. The topological polar surface area (TPSA) is 120 Å². The van der Waals surface area contributed by atoms with Crippen molar-refractivity contribution >= 4 is 29.3 Å². The van der Waals surface area contributed by atoms with Crippen molar-refractivity contribution in [2.45, 2.75) is 45.1 Å². The third kappa shape index (κ3) is 5.22. The van der Waals surface area contributed by atoms with Crippen LogP contribution in [0.2, 0.25) is 0 Å². The van der Waals surface area contributed by atoms with Crippen LogP contribution in [-0.4, -0.2) is 52.3 Å². The van der Waals surface area contributed by atoms with Crippen molar-refractivity contribution in [2.24, 2.45) is 5.92 Å². The Balaban J connectivity index is 1.74. The van der Waals surface area contributed by atoms with Crippen molar-refractivity contribution in [3.8, 4) is 0 Å². The van der Waals surface area contributed by atoms with Gasteiger partial charge in [-0.1, -0.05) is 6.92 Å². The highest BCUT2D eigenvalue weighted by atomic mass is 16.4. The number of aromatic nitrogens is 3. The predicted molar refractivity (Wildman–Crippen MR) is 115 cm³/mol. The van der Waals surface area contributed by atoms with E-state index in [2.05, 4.69) is 25.8 Å². The monoisotopic (exact) mass is 412 g/mol. The van der Waals surface area contributed by atoms with Gasteiger partial charge in [0.1, 0.15) is 5.82 Å². The zero-order valence-corrected chi connectivity index (χ0v) is 17.6. The Morgan fingerprint density at radius 3 is 2.40 bits per heavy atom. The van der Waals surface area contributed by atoms with E-state index in [1.54, 1.807) is 18.2 Å². The van der Waals surface area contributed by atoms with Crippen molar-refractivity contribution in [2.75, 3.05) is 29.6 Å². The van der Waals surface area contributed by atoms with E-state index >= 15 is 0 Å². The quantitative estimate of drug-likeness (QED) is 0.635. The summed E-state index contributed by atoms with van der Waals surface area (Å²) >= 11 is 0. The number of hydrogen-bond donors (Lipinski definition) is 3. The second-order valence-corrected chi connectivity index (χ2v) is 7.71. The largest absolute Gasteiger partial charge is 0.481 e. The first-order valence-electron chi connectivity index (χ1n) is 10.2. The second kappa shape index (κ2) is 9.51. The van der Waals surface area contributed by atoms with Crippen molar-refractivity contribution in [3.63, 3.8) is 0 Å². The molecule has 3 rings (SSSR count). The Kier molecular flexibility index (Phi) is 6.81. The maximum atomic E-state index is 12.9. The van der Waals surface area contributed by atoms with Crippen molar-refractivity contribution in [3.05, 3.63) is 35.5 Å². The fourth-order valence-corrected chi connectivity index (χ4v) is 3.48. The van der Waals surface area contributed by atoms with Gasteiger partial charge in [-0.2, -0.15) is 0 Å². The number of carbonyl (C=O) groups excluding carboxylic acids is 1. The van der Waals surface area contributed by atoms with Gasteiger partial charge in [-0.05, 0) is 56.4 Å². The summed E-state index contributed by atoms with van der Waals surface area (Å²) in [5.41, 5.74) is 1.30. The molecule has 1 aliphatic carbocycles. The van der Waals surface area contributed by atoms with Crippen LogP contribution in [0.4, 0.5) is 17.5 Å². The van der Waals surface area contributed by atoms with E-state index in [1.165, 1.54) is 0 Å². The van der Waals surface area contributed by atoms with E-state index in [1.807, 2.05) is 32.0 Å². The number of nitrogens with zero attached hydrogens (tertiary/aromatic N) is 4. The zero-order chi connectivity index (χ0) is 21.7. The molecule has 0 aromatic carbocycles. The molecule has 1 saturated carbocycles. The molecular formula is C21H28N6O3. The number of aliphatic carboxylic acids is 1. The van der Waals surface area contributed by atoms with Gasteiger partial charge in [0.15, 0.2) is 11.6 Å². The number of carboxylic acid groups (broad SMARTS) is 1. The number of hydrogen-bond acceptors (Lipinski definition) is 7. The molecule has 30 heavy (non-hydrogen) atoms. The molecule has 0 bridgehead atoms. The molecule has 1 amide bonds. The maximum Gasteiger partial charge on any atom is 0.306 e. The standard InChI is InChI=1S/C21H28N6O3/c1-4-14-9-10-16(20(28)24-17-11-12-18(26-25-17)27(2)3)19(22-14)23-15-7-5-13(6-8-15)21(29)30/h9-13,15H,4-8H2,1-3H3,(H,22,23)(H,29,30)(H,24,25,28). The van der Waals surface area contributed by atoms with Gasteiger partial charge in [-0.3, -0.25) is 9.59 Å². The summed E-state index contributed by atoms with van der Waals surface area (Å²) in [5.74, 6) is 0.229. The second-order valence-electron chi connectivity index (χ2n) is 7.71. The third-order valence-electron chi connectivity index (χ3n) is 5.33. The van der Waals surface area contributed by atoms with Gasteiger partial charge in [0, 0.05) is 25.8 Å². The first-order valence-corrected chi connectivity index (χ1v) is 10.2. The van der Waals surface area contributed by atoms with Gasteiger partial charge in [0.25, 0.3) is 5.91 Å². The van der Waals surface area contributed by atoms with E-state index in [0.717, 1.165) is 25.0 Å². The summed E-state index contributed by atoms with van der Waals surface area (Å²) < 4.78 is 0. The number of nitrogens with one attached hydrogen (secondary N) is 2. The molecule has 0 aliphatic heterocycles.